The van der Waals surface area contributed by atoms with E-state index in [0.29, 0.717) is 30.8 Å². The fourth-order valence-corrected chi connectivity index (χ4v) is 5.47. The van der Waals surface area contributed by atoms with Crippen molar-refractivity contribution < 1.29 is 13.2 Å². The van der Waals surface area contributed by atoms with Crippen LogP contribution in [0.1, 0.15) is 44.1 Å². The van der Waals surface area contributed by atoms with E-state index >= 15 is 0 Å². The van der Waals surface area contributed by atoms with Crippen molar-refractivity contribution in [3.63, 3.8) is 0 Å². The highest BCUT2D eigenvalue weighted by molar-refractivity contribution is 7.89. The van der Waals surface area contributed by atoms with E-state index in [1.807, 2.05) is 0 Å². The van der Waals surface area contributed by atoms with Crippen molar-refractivity contribution in [2.24, 2.45) is 11.7 Å². The topological polar surface area (TPSA) is 92.5 Å². The molecule has 1 aliphatic heterocycles. The van der Waals surface area contributed by atoms with Gasteiger partial charge in [0.25, 0.3) is 0 Å². The normalized spacial score (nSPS) is 24.1. The van der Waals surface area contributed by atoms with Crippen LogP contribution in [0.25, 0.3) is 0 Å². The zero-order valence-electron chi connectivity index (χ0n) is 15.1. The molecule has 1 aromatic carbocycles. The monoisotopic (exact) mass is 401 g/mol. The smallest absolute Gasteiger partial charge is 0.243 e. The third kappa shape index (κ3) is 4.57. The number of hydrogen-bond acceptors (Lipinski definition) is 4. The molecule has 2 aliphatic rings. The van der Waals surface area contributed by atoms with Gasteiger partial charge in [0, 0.05) is 30.7 Å². The lowest BCUT2D eigenvalue weighted by molar-refractivity contribution is -0.119. The summed E-state index contributed by atoms with van der Waals surface area (Å²) >= 11 is 0. The number of nitrogens with one attached hydrogen (secondary N) is 1. The Morgan fingerprint density at radius 2 is 1.88 bits per heavy atom. The van der Waals surface area contributed by atoms with Gasteiger partial charge in [-0.1, -0.05) is 12.5 Å². The lowest BCUT2D eigenvalue weighted by Gasteiger charge is -2.26. The summed E-state index contributed by atoms with van der Waals surface area (Å²) in [6.45, 7) is 2.93. The van der Waals surface area contributed by atoms with Gasteiger partial charge in [0.1, 0.15) is 0 Å². The number of nitrogens with zero attached hydrogens (tertiary/aromatic N) is 1. The Kier molecular flexibility index (Phi) is 7.07. The second kappa shape index (κ2) is 8.69. The van der Waals surface area contributed by atoms with Crippen molar-refractivity contribution in [1.82, 2.24) is 4.31 Å². The molecule has 0 bridgehead atoms. The Hall–Kier alpha value is -1.15. The molecule has 2 fully saturated rings. The lowest BCUT2D eigenvalue weighted by Crippen LogP contribution is -2.36. The van der Waals surface area contributed by atoms with E-state index in [-0.39, 0.29) is 35.2 Å². The third-order valence-electron chi connectivity index (χ3n) is 5.23. The summed E-state index contributed by atoms with van der Waals surface area (Å²) in [5.74, 6) is -0.156. The van der Waals surface area contributed by atoms with Gasteiger partial charge in [-0.3, -0.25) is 4.79 Å². The number of piperidine rings is 1. The highest BCUT2D eigenvalue weighted by Gasteiger charge is 2.29. The van der Waals surface area contributed by atoms with E-state index in [0.717, 1.165) is 32.1 Å². The summed E-state index contributed by atoms with van der Waals surface area (Å²) in [7, 11) is -3.52. The van der Waals surface area contributed by atoms with Gasteiger partial charge in [-0.25, -0.2) is 8.42 Å². The van der Waals surface area contributed by atoms with Gasteiger partial charge in [-0.2, -0.15) is 4.31 Å². The molecule has 0 radical (unpaired) electrons. The summed E-state index contributed by atoms with van der Waals surface area (Å²) in [5, 5.41) is 2.87. The molecule has 2 unspecified atom stereocenters. The van der Waals surface area contributed by atoms with E-state index < -0.39 is 10.0 Å². The fourth-order valence-electron chi connectivity index (χ4n) is 3.70. The van der Waals surface area contributed by atoms with Crippen LogP contribution in [-0.2, 0) is 14.8 Å². The molecule has 8 heteroatoms. The molecule has 6 nitrogen and oxygen atoms in total. The molecule has 1 amide bonds. The van der Waals surface area contributed by atoms with Gasteiger partial charge in [-0.15, -0.1) is 12.4 Å². The number of sulfonamides is 1. The van der Waals surface area contributed by atoms with Gasteiger partial charge in [-0.05, 0) is 56.7 Å². The molecule has 1 saturated carbocycles. The molecule has 146 valence electrons. The fraction of sp³-hybridized carbons (Fsp3) is 0.611. The minimum Gasteiger partial charge on any atom is -0.328 e. The Bertz CT molecular complexity index is 748. The quantitative estimate of drug-likeness (QED) is 0.811. The standard InChI is InChI=1S/C18H27N3O3S.ClH/c1-13-5-8-16(20-18(22)14-6-7-15(19)11-14)12-17(13)25(23,24)21-9-3-2-4-10-21;/h5,8,12,14-15H,2-4,6-7,9-11,19H2,1H3,(H,20,22);1H. The van der Waals surface area contributed by atoms with Crippen LogP contribution in [0, 0.1) is 12.8 Å². The Labute approximate surface area is 162 Å². The first-order valence-electron chi connectivity index (χ1n) is 9.05. The molecule has 1 aromatic rings. The molecule has 0 spiro atoms. The van der Waals surface area contributed by atoms with Crippen LogP contribution in [0.4, 0.5) is 5.69 Å². The molecule has 3 rings (SSSR count). The minimum absolute atomic E-state index is 0. The predicted octanol–water partition coefficient (Wildman–Crippen LogP) is 2.66. The lowest BCUT2D eigenvalue weighted by atomic mass is 10.1. The first-order chi connectivity index (χ1) is 11.9. The van der Waals surface area contributed by atoms with E-state index in [4.69, 9.17) is 5.73 Å². The molecule has 0 aromatic heterocycles. The Balaban J connectivity index is 0.00000243. The van der Waals surface area contributed by atoms with Crippen molar-refractivity contribution in [3.05, 3.63) is 23.8 Å². The highest BCUT2D eigenvalue weighted by atomic mass is 35.5. The van der Waals surface area contributed by atoms with E-state index in [2.05, 4.69) is 5.32 Å². The van der Waals surface area contributed by atoms with Crippen molar-refractivity contribution in [1.29, 1.82) is 0 Å². The maximum Gasteiger partial charge on any atom is 0.243 e. The van der Waals surface area contributed by atoms with E-state index in [9.17, 15) is 13.2 Å². The number of carbonyl (C=O) groups excluding carboxylic acids is 1. The molecule has 26 heavy (non-hydrogen) atoms. The first-order valence-corrected chi connectivity index (χ1v) is 10.5. The zero-order chi connectivity index (χ0) is 18.0. The van der Waals surface area contributed by atoms with Crippen LogP contribution < -0.4 is 11.1 Å². The second-order valence-corrected chi connectivity index (χ2v) is 9.11. The van der Waals surface area contributed by atoms with Gasteiger partial charge in [0.15, 0.2) is 0 Å². The van der Waals surface area contributed by atoms with Crippen molar-refractivity contribution in [2.75, 3.05) is 18.4 Å². The van der Waals surface area contributed by atoms with Crippen LogP contribution in [0.2, 0.25) is 0 Å². The molecular weight excluding hydrogens is 374 g/mol. The number of hydrogen-bond donors (Lipinski definition) is 2. The van der Waals surface area contributed by atoms with Gasteiger partial charge in [0.2, 0.25) is 15.9 Å². The van der Waals surface area contributed by atoms with Crippen LogP contribution >= 0.6 is 12.4 Å². The largest absolute Gasteiger partial charge is 0.328 e. The second-order valence-electron chi connectivity index (χ2n) is 7.20. The number of rotatable bonds is 4. The SMILES string of the molecule is Cc1ccc(NC(=O)C2CCC(N)C2)cc1S(=O)(=O)N1CCCCC1.Cl. The molecule has 2 atom stereocenters. The number of aryl methyl sites for hydroxylation is 1. The van der Waals surface area contributed by atoms with Crippen molar-refractivity contribution in [3.8, 4) is 0 Å². The van der Waals surface area contributed by atoms with Crippen LogP contribution in [0.5, 0.6) is 0 Å². The average Bonchev–Trinajstić information content (AvgIpc) is 3.04. The number of carbonyl (C=O) groups is 1. The minimum atomic E-state index is -3.52. The molecular formula is C18H28ClN3O3S. The van der Waals surface area contributed by atoms with Crippen LogP contribution in [0.3, 0.4) is 0 Å². The summed E-state index contributed by atoms with van der Waals surface area (Å²) in [6.07, 6.45) is 5.22. The van der Waals surface area contributed by atoms with Crippen LogP contribution in [0.15, 0.2) is 23.1 Å². The zero-order valence-corrected chi connectivity index (χ0v) is 16.7. The summed E-state index contributed by atoms with van der Waals surface area (Å²) in [4.78, 5) is 12.7. The highest BCUT2D eigenvalue weighted by Crippen LogP contribution is 2.28. The van der Waals surface area contributed by atoms with Gasteiger partial charge < -0.3 is 11.1 Å². The maximum absolute atomic E-state index is 12.9. The predicted molar refractivity (Wildman–Crippen MR) is 105 cm³/mol. The Morgan fingerprint density at radius 1 is 1.19 bits per heavy atom. The molecule has 1 saturated heterocycles. The number of anilines is 1. The average molecular weight is 402 g/mol. The summed E-state index contributed by atoms with van der Waals surface area (Å²) in [5.41, 5.74) is 7.11. The van der Waals surface area contributed by atoms with Crippen molar-refractivity contribution in [2.45, 2.75) is 56.4 Å². The Morgan fingerprint density at radius 3 is 2.50 bits per heavy atom. The number of halogens is 1. The summed E-state index contributed by atoms with van der Waals surface area (Å²) < 4.78 is 27.4. The van der Waals surface area contributed by atoms with Crippen molar-refractivity contribution >= 4 is 34.0 Å². The van der Waals surface area contributed by atoms with Crippen LogP contribution in [-0.4, -0.2) is 37.8 Å². The van der Waals surface area contributed by atoms with E-state index in [1.54, 1.807) is 29.4 Å². The van der Waals surface area contributed by atoms with E-state index in [1.165, 1.54) is 0 Å². The van der Waals surface area contributed by atoms with Gasteiger partial charge >= 0.3 is 0 Å². The number of nitrogens with two attached hydrogens (primary N) is 1. The number of amides is 1. The molecule has 1 aliphatic carbocycles. The number of benzene rings is 1. The first kappa shape index (κ1) is 21.2. The molecule has 3 N–H and O–H groups in total. The maximum atomic E-state index is 12.9. The van der Waals surface area contributed by atoms with Gasteiger partial charge in [0.05, 0.1) is 4.90 Å². The summed E-state index contributed by atoms with van der Waals surface area (Å²) in [6, 6.07) is 5.19. The third-order valence-corrected chi connectivity index (χ3v) is 7.27. The molecule has 1 heterocycles.